The molecule has 0 fully saturated rings. The highest BCUT2D eigenvalue weighted by atomic mass is 19.3. The Morgan fingerprint density at radius 1 is 1.03 bits per heavy atom. The van der Waals surface area contributed by atoms with Gasteiger partial charge in [-0.25, -0.2) is 13.8 Å². The fourth-order valence-corrected chi connectivity index (χ4v) is 2.96. The van der Waals surface area contributed by atoms with Gasteiger partial charge in [-0.3, -0.25) is 4.98 Å². The van der Waals surface area contributed by atoms with Gasteiger partial charge in [0.2, 0.25) is 0 Å². The number of hydrogen-bond acceptors (Lipinski definition) is 5. The number of nitrogens with one attached hydrogen (secondary N) is 1. The van der Waals surface area contributed by atoms with Crippen molar-refractivity contribution in [1.82, 2.24) is 9.97 Å². The third-order valence-corrected chi connectivity index (χ3v) is 4.42. The zero-order valence-corrected chi connectivity index (χ0v) is 17.2. The summed E-state index contributed by atoms with van der Waals surface area (Å²) in [5.74, 6) is -0.866. The minimum absolute atomic E-state index is 0.0184. The molecule has 1 aliphatic rings. The molecule has 0 unspecified atom stereocenters. The first-order chi connectivity index (χ1) is 14.8. The van der Waals surface area contributed by atoms with Crippen LogP contribution >= 0.6 is 0 Å². The monoisotopic (exact) mass is 435 g/mol. The van der Waals surface area contributed by atoms with Gasteiger partial charge in [0, 0.05) is 23.9 Å². The van der Waals surface area contributed by atoms with E-state index in [1.54, 1.807) is 31.3 Å². The third-order valence-electron chi connectivity index (χ3n) is 4.42. The summed E-state index contributed by atoms with van der Waals surface area (Å²) in [7, 11) is 0. The van der Waals surface area contributed by atoms with E-state index >= 15 is 0 Å². The first-order valence-electron chi connectivity index (χ1n) is 9.65. The lowest BCUT2D eigenvalue weighted by molar-refractivity contribution is -0.208. The number of rotatable bonds is 4. The average molecular weight is 435 g/mol. The lowest BCUT2D eigenvalue weighted by Crippen LogP contribution is -2.36. The highest BCUT2D eigenvalue weighted by Gasteiger charge is 2.38. The molecule has 3 heterocycles. The van der Waals surface area contributed by atoms with Crippen molar-refractivity contribution in [3.63, 3.8) is 0 Å². The Bertz CT molecular complexity index is 1040. The number of pyridine rings is 2. The molecule has 3 aromatic rings. The Labute approximate surface area is 177 Å². The second-order valence-electron chi connectivity index (χ2n) is 6.51. The molecule has 5 nitrogen and oxygen atoms in total. The van der Waals surface area contributed by atoms with Crippen molar-refractivity contribution in [3.05, 3.63) is 65.6 Å². The Morgan fingerprint density at radius 2 is 1.74 bits per heavy atom. The van der Waals surface area contributed by atoms with Crippen molar-refractivity contribution in [2.45, 2.75) is 33.4 Å². The van der Waals surface area contributed by atoms with Gasteiger partial charge in [-0.05, 0) is 42.3 Å². The molecule has 4 rings (SSSR count). The first-order valence-corrected chi connectivity index (χ1v) is 9.65. The number of aromatic nitrogens is 2. The minimum atomic E-state index is -3.36. The summed E-state index contributed by atoms with van der Waals surface area (Å²) in [6.45, 7) is 4.81. The molecule has 0 saturated carbocycles. The minimum Gasteiger partial charge on any atom is -0.479 e. The standard InChI is InChI=1S/C20H15F4N3O2.C2H6/c1-11-4-18-17(28-10-20(23,24)29-18)5-13(11)12-2-3-19(26-6-12)27-7-14-15(21)8-25-9-16(14)22;1-2/h2-6,8-9H,7,10H2,1H3,(H,26,27);1-2H3. The van der Waals surface area contributed by atoms with E-state index in [2.05, 4.69) is 20.0 Å². The van der Waals surface area contributed by atoms with Crippen LogP contribution < -0.4 is 14.8 Å². The molecule has 1 aliphatic heterocycles. The highest BCUT2D eigenvalue weighted by Crippen LogP contribution is 2.41. The van der Waals surface area contributed by atoms with Crippen LogP contribution in [0.3, 0.4) is 0 Å². The number of anilines is 1. The fourth-order valence-electron chi connectivity index (χ4n) is 2.96. The van der Waals surface area contributed by atoms with E-state index < -0.39 is 24.3 Å². The Balaban J connectivity index is 0.00000132. The van der Waals surface area contributed by atoms with Gasteiger partial charge >= 0.3 is 6.11 Å². The van der Waals surface area contributed by atoms with E-state index in [1.165, 1.54) is 6.07 Å². The third kappa shape index (κ3) is 5.04. The fraction of sp³-hybridized carbons (Fsp3) is 0.273. The predicted octanol–water partition coefficient (Wildman–Crippen LogP) is 5.73. The molecule has 9 heteroatoms. The molecule has 0 amide bonds. The normalized spacial score (nSPS) is 13.8. The number of fused-ring (bicyclic) bond motifs is 1. The smallest absolute Gasteiger partial charge is 0.433 e. The maximum Gasteiger partial charge on any atom is 0.433 e. The Kier molecular flexibility index (Phi) is 6.62. The molecule has 1 aromatic carbocycles. The van der Waals surface area contributed by atoms with Gasteiger partial charge in [-0.1, -0.05) is 13.8 Å². The summed E-state index contributed by atoms with van der Waals surface area (Å²) in [5, 5.41) is 2.85. The second-order valence-corrected chi connectivity index (χ2v) is 6.51. The Morgan fingerprint density at radius 3 is 2.39 bits per heavy atom. The van der Waals surface area contributed by atoms with Crippen LogP contribution in [0.5, 0.6) is 11.5 Å². The zero-order chi connectivity index (χ0) is 22.6. The van der Waals surface area contributed by atoms with Gasteiger partial charge < -0.3 is 14.8 Å². The molecule has 0 radical (unpaired) electrons. The van der Waals surface area contributed by atoms with Gasteiger partial charge in [0.25, 0.3) is 0 Å². The van der Waals surface area contributed by atoms with Crippen molar-refractivity contribution in [1.29, 1.82) is 0 Å². The van der Waals surface area contributed by atoms with Crippen LogP contribution in [0.15, 0.2) is 42.9 Å². The maximum absolute atomic E-state index is 13.6. The highest BCUT2D eigenvalue weighted by molar-refractivity contribution is 5.71. The van der Waals surface area contributed by atoms with Crippen molar-refractivity contribution in [2.75, 3.05) is 11.9 Å². The predicted molar refractivity (Wildman–Crippen MR) is 108 cm³/mol. The van der Waals surface area contributed by atoms with Crippen molar-refractivity contribution >= 4 is 5.82 Å². The summed E-state index contributed by atoms with van der Waals surface area (Å²) >= 11 is 0. The number of hydrogen-bond donors (Lipinski definition) is 1. The molecule has 0 aliphatic carbocycles. The molecular formula is C22H21F4N3O2. The van der Waals surface area contributed by atoms with E-state index in [-0.39, 0.29) is 23.6 Å². The quantitative estimate of drug-likeness (QED) is 0.530. The van der Waals surface area contributed by atoms with E-state index in [0.29, 0.717) is 11.4 Å². The lowest BCUT2D eigenvalue weighted by atomic mass is 10.0. The molecule has 0 atom stereocenters. The van der Waals surface area contributed by atoms with E-state index in [1.807, 2.05) is 13.8 Å². The van der Waals surface area contributed by atoms with Crippen LogP contribution in [0.1, 0.15) is 25.0 Å². The van der Waals surface area contributed by atoms with Gasteiger partial charge in [0.1, 0.15) is 17.5 Å². The molecule has 0 bridgehead atoms. The number of aryl methyl sites for hydroxylation is 1. The summed E-state index contributed by atoms with van der Waals surface area (Å²) in [5.41, 5.74) is 2.03. The first kappa shape index (κ1) is 22.3. The molecule has 1 N–H and O–H groups in total. The number of ether oxygens (including phenoxy) is 2. The van der Waals surface area contributed by atoms with Crippen molar-refractivity contribution in [3.8, 4) is 22.6 Å². The van der Waals surface area contributed by atoms with Crippen LogP contribution in [0.4, 0.5) is 23.4 Å². The van der Waals surface area contributed by atoms with Gasteiger partial charge in [0.05, 0.1) is 12.4 Å². The number of nitrogens with zero attached hydrogens (tertiary/aromatic N) is 2. The molecule has 0 spiro atoms. The van der Waals surface area contributed by atoms with E-state index in [9.17, 15) is 17.6 Å². The van der Waals surface area contributed by atoms with Crippen LogP contribution in [0, 0.1) is 18.6 Å². The Hall–Kier alpha value is -3.36. The molecular weight excluding hydrogens is 414 g/mol. The summed E-state index contributed by atoms with van der Waals surface area (Å²) in [4.78, 5) is 7.68. The van der Waals surface area contributed by atoms with Crippen molar-refractivity contribution < 1.29 is 27.0 Å². The van der Waals surface area contributed by atoms with Crippen LogP contribution in [0.2, 0.25) is 0 Å². The summed E-state index contributed by atoms with van der Waals surface area (Å²) in [6.07, 6.45) is 0.0898. The van der Waals surface area contributed by atoms with Crippen LogP contribution in [0.25, 0.3) is 11.1 Å². The van der Waals surface area contributed by atoms with Gasteiger partial charge in [0.15, 0.2) is 18.1 Å². The molecule has 2 aromatic heterocycles. The number of benzene rings is 1. The lowest BCUT2D eigenvalue weighted by Gasteiger charge is -2.26. The van der Waals surface area contributed by atoms with E-state index in [0.717, 1.165) is 23.5 Å². The largest absolute Gasteiger partial charge is 0.479 e. The van der Waals surface area contributed by atoms with Gasteiger partial charge in [-0.2, -0.15) is 8.78 Å². The van der Waals surface area contributed by atoms with E-state index in [4.69, 9.17) is 4.74 Å². The topological polar surface area (TPSA) is 56.3 Å². The maximum atomic E-state index is 13.6. The second kappa shape index (κ2) is 9.20. The number of halogens is 4. The zero-order valence-electron chi connectivity index (χ0n) is 17.2. The summed E-state index contributed by atoms with van der Waals surface area (Å²) < 4.78 is 63.7. The van der Waals surface area contributed by atoms with Crippen LogP contribution in [-0.2, 0) is 6.54 Å². The van der Waals surface area contributed by atoms with Gasteiger partial charge in [-0.15, -0.1) is 0 Å². The number of alkyl halides is 2. The summed E-state index contributed by atoms with van der Waals surface area (Å²) in [6, 6.07) is 6.50. The SMILES string of the molecule is CC.Cc1cc2c(cc1-c1ccc(NCc3c(F)cncc3F)nc1)OCC(F)(F)O2. The molecule has 164 valence electrons. The molecule has 0 saturated heterocycles. The van der Waals surface area contributed by atoms with Crippen LogP contribution in [-0.4, -0.2) is 22.7 Å². The average Bonchev–Trinajstić information content (AvgIpc) is 2.74. The molecule has 31 heavy (non-hydrogen) atoms. The van der Waals surface area contributed by atoms with Crippen molar-refractivity contribution in [2.24, 2.45) is 0 Å².